The van der Waals surface area contributed by atoms with Crippen molar-refractivity contribution in [2.24, 2.45) is 0 Å². The lowest BCUT2D eigenvalue weighted by molar-refractivity contribution is 1.15. The molecule has 3 nitrogen and oxygen atoms in total. The predicted octanol–water partition coefficient (Wildman–Crippen LogP) is 11.9. The van der Waals surface area contributed by atoms with E-state index in [9.17, 15) is 0 Å². The molecule has 0 atom stereocenters. The molecule has 0 amide bonds. The molecule has 0 bridgehead atoms. The average molecular weight is 626 g/mol. The van der Waals surface area contributed by atoms with E-state index in [0.717, 1.165) is 61.1 Å². The summed E-state index contributed by atoms with van der Waals surface area (Å²) in [7, 11) is 0. The van der Waals surface area contributed by atoms with Crippen molar-refractivity contribution in [1.82, 2.24) is 14.5 Å². The number of benzene rings is 7. The molecule has 0 spiro atoms. The van der Waals surface area contributed by atoms with Gasteiger partial charge in [0, 0.05) is 22.2 Å². The minimum absolute atomic E-state index is 0.700. The fourth-order valence-electron chi connectivity index (χ4n) is 6.82. The molecule has 9 aromatic rings. The smallest absolute Gasteiger partial charge is 0.160 e. The molecule has 2 heterocycles. The fraction of sp³-hybridized carbons (Fsp3) is 0. The van der Waals surface area contributed by atoms with E-state index < -0.39 is 0 Å². The van der Waals surface area contributed by atoms with Gasteiger partial charge in [-0.15, -0.1) is 0 Å². The standard InChI is InChI=1S/C46H31N3/c1-4-14-32(15-5-1)34-26-28-35(29-27-34)37-19-13-21-39(31-37)46-47-43(38-20-12-18-36(30-38)33-16-6-2-7-17-33)45-44(48-46)41-24-10-11-25-42(41)49(45)40-22-8-3-9-23-40/h1-31H. The summed E-state index contributed by atoms with van der Waals surface area (Å²) in [4.78, 5) is 10.8. The Hall–Kier alpha value is -6.58. The maximum atomic E-state index is 5.41. The number of aromatic nitrogens is 3. The van der Waals surface area contributed by atoms with Gasteiger partial charge in [-0.25, -0.2) is 9.97 Å². The third-order valence-electron chi connectivity index (χ3n) is 9.21. The van der Waals surface area contributed by atoms with Crippen molar-refractivity contribution in [3.05, 3.63) is 188 Å². The van der Waals surface area contributed by atoms with Crippen LogP contribution < -0.4 is 0 Å². The molecule has 3 heteroatoms. The van der Waals surface area contributed by atoms with Gasteiger partial charge in [0.05, 0.1) is 16.7 Å². The first-order valence-corrected chi connectivity index (χ1v) is 16.6. The van der Waals surface area contributed by atoms with Gasteiger partial charge in [0.15, 0.2) is 5.82 Å². The third-order valence-corrected chi connectivity index (χ3v) is 9.21. The maximum Gasteiger partial charge on any atom is 0.160 e. The first-order valence-electron chi connectivity index (χ1n) is 16.6. The van der Waals surface area contributed by atoms with Crippen molar-refractivity contribution in [1.29, 1.82) is 0 Å². The zero-order chi connectivity index (χ0) is 32.6. The van der Waals surface area contributed by atoms with Crippen LogP contribution in [0.15, 0.2) is 188 Å². The number of rotatable bonds is 6. The van der Waals surface area contributed by atoms with Gasteiger partial charge in [0.1, 0.15) is 5.52 Å². The van der Waals surface area contributed by atoms with E-state index in [2.05, 4.69) is 187 Å². The number of nitrogens with zero attached hydrogens (tertiary/aromatic N) is 3. The Kier molecular flexibility index (Phi) is 7.14. The highest BCUT2D eigenvalue weighted by atomic mass is 15.0. The van der Waals surface area contributed by atoms with E-state index in [0.29, 0.717) is 5.82 Å². The Morgan fingerprint density at radius 1 is 0.347 bits per heavy atom. The molecule has 0 saturated heterocycles. The summed E-state index contributed by atoms with van der Waals surface area (Å²) in [5.74, 6) is 0.700. The Labute approximate surface area is 285 Å². The lowest BCUT2D eigenvalue weighted by Crippen LogP contribution is -2.00. The molecular formula is C46H31N3. The fourth-order valence-corrected chi connectivity index (χ4v) is 6.82. The summed E-state index contributed by atoms with van der Waals surface area (Å²) >= 11 is 0. The van der Waals surface area contributed by atoms with Gasteiger partial charge in [-0.3, -0.25) is 0 Å². The molecule has 7 aromatic carbocycles. The minimum atomic E-state index is 0.700. The molecule has 0 saturated carbocycles. The molecule has 49 heavy (non-hydrogen) atoms. The van der Waals surface area contributed by atoms with E-state index in [1.807, 2.05) is 6.07 Å². The van der Waals surface area contributed by atoms with Gasteiger partial charge in [-0.05, 0) is 63.7 Å². The SMILES string of the molecule is c1ccc(-c2ccc(-c3cccc(-c4nc(-c5cccc(-c6ccccc6)c5)c5c(n4)c4ccccc4n5-c4ccccc4)c3)cc2)cc1. The summed E-state index contributed by atoms with van der Waals surface area (Å²) in [6.45, 7) is 0. The molecule has 0 N–H and O–H groups in total. The van der Waals surface area contributed by atoms with Gasteiger partial charge in [0.25, 0.3) is 0 Å². The average Bonchev–Trinajstić information content (AvgIpc) is 3.53. The van der Waals surface area contributed by atoms with Crippen LogP contribution in [0.1, 0.15) is 0 Å². The summed E-state index contributed by atoms with van der Waals surface area (Å²) < 4.78 is 2.31. The highest BCUT2D eigenvalue weighted by Crippen LogP contribution is 2.39. The van der Waals surface area contributed by atoms with E-state index in [-0.39, 0.29) is 0 Å². The molecule has 0 aliphatic carbocycles. The van der Waals surface area contributed by atoms with Crippen LogP contribution in [0.4, 0.5) is 0 Å². The Morgan fingerprint density at radius 3 is 1.49 bits per heavy atom. The van der Waals surface area contributed by atoms with Gasteiger partial charge < -0.3 is 4.57 Å². The normalized spacial score (nSPS) is 11.3. The highest BCUT2D eigenvalue weighted by molar-refractivity contribution is 6.11. The Bertz CT molecular complexity index is 2570. The van der Waals surface area contributed by atoms with E-state index in [1.54, 1.807) is 0 Å². The van der Waals surface area contributed by atoms with Gasteiger partial charge in [-0.2, -0.15) is 0 Å². The van der Waals surface area contributed by atoms with Crippen molar-refractivity contribution in [3.8, 4) is 61.7 Å². The zero-order valence-corrected chi connectivity index (χ0v) is 26.7. The molecular weight excluding hydrogens is 595 g/mol. The maximum absolute atomic E-state index is 5.41. The third kappa shape index (κ3) is 5.28. The highest BCUT2D eigenvalue weighted by Gasteiger charge is 2.21. The lowest BCUT2D eigenvalue weighted by Gasteiger charge is -2.13. The summed E-state index contributed by atoms with van der Waals surface area (Å²) in [5.41, 5.74) is 14.0. The molecule has 0 aliphatic heterocycles. The molecule has 9 rings (SSSR count). The quantitative estimate of drug-likeness (QED) is 0.184. The molecule has 0 unspecified atom stereocenters. The largest absolute Gasteiger partial charge is 0.306 e. The van der Waals surface area contributed by atoms with Crippen LogP contribution in [-0.4, -0.2) is 14.5 Å². The topological polar surface area (TPSA) is 30.7 Å². The van der Waals surface area contributed by atoms with Crippen LogP contribution in [0.25, 0.3) is 83.6 Å². The lowest BCUT2D eigenvalue weighted by atomic mass is 9.99. The number of fused-ring (bicyclic) bond motifs is 3. The molecule has 0 aliphatic rings. The van der Waals surface area contributed by atoms with Crippen LogP contribution in [0.2, 0.25) is 0 Å². The summed E-state index contributed by atoms with van der Waals surface area (Å²) in [5, 5.41) is 1.10. The van der Waals surface area contributed by atoms with Crippen LogP contribution in [0.3, 0.4) is 0 Å². The minimum Gasteiger partial charge on any atom is -0.306 e. The van der Waals surface area contributed by atoms with E-state index >= 15 is 0 Å². The first kappa shape index (κ1) is 28.6. The Balaban J connectivity index is 1.25. The van der Waals surface area contributed by atoms with Crippen molar-refractivity contribution in [2.75, 3.05) is 0 Å². The van der Waals surface area contributed by atoms with Crippen molar-refractivity contribution in [3.63, 3.8) is 0 Å². The van der Waals surface area contributed by atoms with Gasteiger partial charge in [0.2, 0.25) is 0 Å². The molecule has 230 valence electrons. The second kappa shape index (κ2) is 12.2. The van der Waals surface area contributed by atoms with Gasteiger partial charge in [-0.1, -0.05) is 158 Å². The van der Waals surface area contributed by atoms with Crippen LogP contribution in [-0.2, 0) is 0 Å². The molecule has 0 fully saturated rings. The zero-order valence-electron chi connectivity index (χ0n) is 26.7. The molecule has 2 aromatic heterocycles. The van der Waals surface area contributed by atoms with E-state index in [1.165, 1.54) is 16.7 Å². The van der Waals surface area contributed by atoms with Crippen molar-refractivity contribution < 1.29 is 0 Å². The summed E-state index contributed by atoms with van der Waals surface area (Å²) in [6.07, 6.45) is 0. The summed E-state index contributed by atoms with van der Waals surface area (Å²) in [6, 6.07) is 66.1. The monoisotopic (exact) mass is 625 g/mol. The number of hydrogen-bond acceptors (Lipinski definition) is 2. The van der Waals surface area contributed by atoms with Crippen molar-refractivity contribution >= 4 is 21.9 Å². The van der Waals surface area contributed by atoms with Gasteiger partial charge >= 0.3 is 0 Å². The second-order valence-corrected chi connectivity index (χ2v) is 12.3. The number of para-hydroxylation sites is 2. The molecule has 0 radical (unpaired) electrons. The van der Waals surface area contributed by atoms with Crippen LogP contribution in [0, 0.1) is 0 Å². The van der Waals surface area contributed by atoms with Crippen LogP contribution in [0.5, 0.6) is 0 Å². The van der Waals surface area contributed by atoms with E-state index in [4.69, 9.17) is 9.97 Å². The van der Waals surface area contributed by atoms with Crippen molar-refractivity contribution in [2.45, 2.75) is 0 Å². The predicted molar refractivity (Wildman–Crippen MR) is 204 cm³/mol. The Morgan fingerprint density at radius 2 is 0.816 bits per heavy atom. The second-order valence-electron chi connectivity index (χ2n) is 12.3. The van der Waals surface area contributed by atoms with Crippen LogP contribution >= 0.6 is 0 Å². The first-order chi connectivity index (χ1) is 24.3. The number of hydrogen-bond donors (Lipinski definition) is 0.